The van der Waals surface area contributed by atoms with E-state index < -0.39 is 49.9 Å². The van der Waals surface area contributed by atoms with E-state index in [4.69, 9.17) is 0 Å². The number of nitrogens with one attached hydrogen (secondary N) is 4. The highest BCUT2D eigenvalue weighted by molar-refractivity contribution is 7.91. The van der Waals surface area contributed by atoms with Crippen LogP contribution in [0.25, 0.3) is 56.9 Å². The van der Waals surface area contributed by atoms with Crippen LogP contribution in [0.2, 0.25) is 0 Å². The second-order valence-electron chi connectivity index (χ2n) is 34.9. The van der Waals surface area contributed by atoms with Gasteiger partial charge in [0.1, 0.15) is 5.82 Å². The molecule has 0 spiro atoms. The van der Waals surface area contributed by atoms with E-state index in [9.17, 15) is 46.5 Å². The molecule has 0 bridgehead atoms. The lowest BCUT2D eigenvalue weighted by Gasteiger charge is -2.23. The zero-order valence-corrected chi connectivity index (χ0v) is 79.6. The molecule has 5 heterocycles. The summed E-state index contributed by atoms with van der Waals surface area (Å²) in [5, 5.41) is 59.3. The van der Waals surface area contributed by atoms with Crippen molar-refractivity contribution in [2.45, 2.75) is 276 Å². The van der Waals surface area contributed by atoms with Crippen molar-refractivity contribution in [3.05, 3.63) is 161 Å². The van der Waals surface area contributed by atoms with E-state index in [1.165, 1.54) is 228 Å². The van der Waals surface area contributed by atoms with Crippen LogP contribution in [0.3, 0.4) is 0 Å². The second-order valence-corrected chi connectivity index (χ2v) is 44.5. The fourth-order valence-corrected chi connectivity index (χ4v) is 21.8. The summed E-state index contributed by atoms with van der Waals surface area (Å²) in [7, 11) is -11.7. The van der Waals surface area contributed by atoms with Crippen LogP contribution in [0.4, 0.5) is 4.39 Å². The molecule has 0 atom stereocenters. The van der Waals surface area contributed by atoms with Crippen molar-refractivity contribution in [1.82, 2.24) is 115 Å². The molecule has 0 saturated heterocycles. The summed E-state index contributed by atoms with van der Waals surface area (Å²) in [5.41, 5.74) is 9.78. The predicted octanol–water partition coefficient (Wildman–Crippen LogP) is 14.6. The molecule has 0 unspecified atom stereocenters. The number of rotatable bonds is 29. The van der Waals surface area contributed by atoms with E-state index in [-0.39, 0.29) is 25.4 Å². The Hall–Kier alpha value is -9.74. The fourth-order valence-electron chi connectivity index (χ4n) is 18.1. The van der Waals surface area contributed by atoms with Crippen molar-refractivity contribution in [3.8, 4) is 56.9 Å². The van der Waals surface area contributed by atoms with Crippen LogP contribution < -0.4 is 18.9 Å². The highest BCUT2D eigenvalue weighted by atomic mass is 32.2. The van der Waals surface area contributed by atoms with Gasteiger partial charge in [0.25, 0.3) is 0 Å². The maximum Gasteiger partial charge on any atom is 0.240 e. The third-order valence-corrected chi connectivity index (χ3v) is 32.6. The maximum absolute atomic E-state index is 13.2. The summed E-state index contributed by atoms with van der Waals surface area (Å²) in [4.78, 5) is 8.79. The molecule has 33 nitrogen and oxygen atoms in total. The van der Waals surface area contributed by atoms with Crippen molar-refractivity contribution in [3.63, 3.8) is 0 Å². The Balaban J connectivity index is 0.000000139. The van der Waals surface area contributed by atoms with E-state index in [0.717, 1.165) is 102 Å². The van der Waals surface area contributed by atoms with Crippen molar-refractivity contribution >= 4 is 49.9 Å². The minimum absolute atomic E-state index is 0.158. The topological polar surface area (TPSA) is 424 Å². The van der Waals surface area contributed by atoms with E-state index in [1.807, 2.05) is 37.3 Å². The lowest BCUT2D eigenvalue weighted by Crippen LogP contribution is -2.19. The number of sulfone groups is 1. The Morgan fingerprint density at radius 1 is 0.346 bits per heavy atom. The molecule has 17 rings (SSSR count). The van der Waals surface area contributed by atoms with Crippen molar-refractivity contribution in [2.75, 3.05) is 34.4 Å². The normalized spacial score (nSPS) is 16.7. The summed E-state index contributed by atoms with van der Waals surface area (Å²) in [6, 6.07) is 32.3. The Bertz CT molecular complexity index is 6140. The van der Waals surface area contributed by atoms with Crippen LogP contribution in [0.15, 0.2) is 152 Å². The molecule has 5 aromatic heterocycles. The molecule has 0 radical (unpaired) electrons. The van der Waals surface area contributed by atoms with Gasteiger partial charge >= 0.3 is 0 Å². The SMILES string of the molecule is CCCn1nnc(-c2cc(S(=O)(=O)NC)ccc2CC2CCCCC2)n1.CCn1nnc(-c2cc(S(=O)(=O)NC)ccc2CC2CCCCC2)n1.CNS(=O)(=O)c1ccc(CC2CCCCC2)c(-c2nnn(-c3ccc(F)cc3)n2)c1.CNS(=O)(=O)c1ccc(CC2CCCCC2)c(-c2nnn(C3CCC3)n2)c1.CS(=O)(=O)c1ccc(CC2CCCCC2)c(-n2nccn2)c1. The molecule has 6 aromatic carbocycles. The molecule has 0 aliphatic heterocycles. The standard InChI is InChI=1S/C21H24FN5O2S.C19H27N5O2S.C18H27N5O2S.C17H25N5O2S.C16H21N3O2S/c1-23-30(28,29)19-12-7-16(13-15-5-3-2-4-6-15)20(14-19)21-24-26-27(25-21)18-10-8-17(22)9-11-18;1-20-27(25,26)17-11-10-15(12-14-6-3-2-4-7-14)18(13-17)19-21-23-24(22-19)16-8-5-9-16;1-3-11-23-21-18(20-22-23)17-13-16(26(24,25)19-2)10-9-15(17)12-14-7-5-4-6-8-14;1-3-22-20-17(19-21-22)16-12-15(25(23,24)18-2)10-9-14(16)11-13-7-5-4-6-8-13;1-22(20,21)15-8-7-14(11-13-5-3-2-4-6-13)16(12-15)19-17-9-10-18-19/h7-12,14-15,23H,2-6,13H2,1H3;10-11,13-14,16,20H,2-9,12H2,1H3;9-10,13-14,19H,3-8,11-12H2,1-2H3;9-10,12-13,18H,3-8,11H2,1-2H3;7-10,12-13H,2-6,11H2,1H3. The molecule has 4 N–H and O–H groups in total. The van der Waals surface area contributed by atoms with Crippen molar-refractivity contribution in [1.29, 1.82) is 0 Å². The second kappa shape index (κ2) is 45.6. The summed E-state index contributed by atoms with van der Waals surface area (Å²) < 4.78 is 144. The smallest absolute Gasteiger partial charge is 0.224 e. The molecule has 6 saturated carbocycles. The predicted molar refractivity (Wildman–Crippen MR) is 494 cm³/mol. The van der Waals surface area contributed by atoms with Crippen molar-refractivity contribution < 1.29 is 46.5 Å². The van der Waals surface area contributed by atoms with E-state index in [1.54, 1.807) is 94.8 Å². The molecule has 700 valence electrons. The Kier molecular flexibility index (Phi) is 34.3. The quantitative estimate of drug-likeness (QED) is 0.0338. The van der Waals surface area contributed by atoms with Crippen LogP contribution in [-0.2, 0) is 95.1 Å². The van der Waals surface area contributed by atoms with Gasteiger partial charge in [-0.25, -0.2) is 65.4 Å². The number of sulfonamides is 4. The van der Waals surface area contributed by atoms with Crippen LogP contribution in [-0.4, -0.2) is 172 Å². The van der Waals surface area contributed by atoms with Crippen LogP contribution in [0, 0.1) is 35.4 Å². The zero-order chi connectivity index (χ0) is 92.0. The molecule has 6 fully saturated rings. The van der Waals surface area contributed by atoms with Crippen LogP contribution in [0.5, 0.6) is 0 Å². The van der Waals surface area contributed by atoms with Gasteiger partial charge in [0.05, 0.1) is 67.4 Å². The first-order chi connectivity index (χ1) is 62.6. The Morgan fingerprint density at radius 2 is 0.677 bits per heavy atom. The summed E-state index contributed by atoms with van der Waals surface area (Å²) in [5.74, 6) is 4.67. The Labute approximate surface area is 764 Å². The third kappa shape index (κ3) is 26.2. The number of nitrogens with zero attached hydrogens (tertiary/aromatic N) is 19. The van der Waals surface area contributed by atoms with Gasteiger partial charge in [0.2, 0.25) is 63.4 Å². The van der Waals surface area contributed by atoms with Gasteiger partial charge in [-0.05, 0) is 256 Å². The number of aryl methyl sites for hydroxylation is 2. The average molecular weight is 1880 g/mol. The van der Waals surface area contributed by atoms with Gasteiger partial charge in [0.15, 0.2) is 9.84 Å². The van der Waals surface area contributed by atoms with Gasteiger partial charge in [-0.3, -0.25) is 0 Å². The molecule has 6 aliphatic carbocycles. The summed E-state index contributed by atoms with van der Waals surface area (Å²) in [6.45, 7) is 5.31. The minimum atomic E-state index is -3.60. The highest BCUT2D eigenvalue weighted by Crippen LogP contribution is 2.39. The number of tetrazole rings is 4. The first-order valence-corrected chi connectivity index (χ1v) is 53.8. The molecule has 39 heteroatoms. The minimum Gasteiger partial charge on any atom is -0.224 e. The lowest BCUT2D eigenvalue weighted by atomic mass is 9.84. The van der Waals surface area contributed by atoms with Gasteiger partial charge in [-0.15, -0.1) is 45.6 Å². The van der Waals surface area contributed by atoms with E-state index >= 15 is 0 Å². The molecular weight excluding hydrogens is 1750 g/mol. The molecule has 6 aliphatic rings. The van der Waals surface area contributed by atoms with E-state index in [0.29, 0.717) is 88.2 Å². The van der Waals surface area contributed by atoms with Crippen molar-refractivity contribution in [2.24, 2.45) is 29.6 Å². The van der Waals surface area contributed by atoms with E-state index in [2.05, 4.69) is 97.7 Å². The summed E-state index contributed by atoms with van der Waals surface area (Å²) in [6.07, 6.45) is 44.8. The van der Waals surface area contributed by atoms with Crippen LogP contribution in [0.1, 0.15) is 234 Å². The third-order valence-electron chi connectivity index (χ3n) is 25.8. The molecular formula is C91H124FN23O10S5. The monoisotopic (exact) mass is 1880 g/mol. The number of hydrogen-bond acceptors (Lipinski definition) is 24. The fraction of sp³-hybridized carbons (Fsp3) is 0.538. The molecule has 11 aromatic rings. The number of aromatic nitrogens is 19. The maximum atomic E-state index is 13.2. The lowest BCUT2D eigenvalue weighted by molar-refractivity contribution is 0.258. The number of hydrogen-bond donors (Lipinski definition) is 4. The van der Waals surface area contributed by atoms with Gasteiger partial charge in [-0.1, -0.05) is 198 Å². The first kappa shape index (κ1) is 97.8. The largest absolute Gasteiger partial charge is 0.240 e. The Morgan fingerprint density at radius 3 is 1.02 bits per heavy atom. The number of benzene rings is 6. The molecule has 130 heavy (non-hydrogen) atoms. The first-order valence-electron chi connectivity index (χ1n) is 46.0. The number of halogens is 1. The van der Waals surface area contributed by atoms with Gasteiger partial charge < -0.3 is 0 Å². The van der Waals surface area contributed by atoms with Gasteiger partial charge in [-0.2, -0.15) is 29.4 Å². The highest BCUT2D eigenvalue weighted by Gasteiger charge is 2.30. The summed E-state index contributed by atoms with van der Waals surface area (Å²) >= 11 is 0. The average Bonchev–Trinajstić information content (AvgIpc) is 1.43. The van der Waals surface area contributed by atoms with Crippen LogP contribution >= 0.6 is 0 Å². The molecule has 0 amide bonds. The van der Waals surface area contributed by atoms with Gasteiger partial charge in [0, 0.05) is 28.5 Å². The zero-order valence-electron chi connectivity index (χ0n) is 75.5.